The third-order valence-electron chi connectivity index (χ3n) is 2.88. The van der Waals surface area contributed by atoms with Gasteiger partial charge >= 0.3 is 6.09 Å². The maximum Gasteiger partial charge on any atom is 0.435 e. The molecule has 118 valence electrons. The number of para-hydroxylation sites is 1. The minimum Gasteiger partial charge on any atom is -0.493 e. The van der Waals surface area contributed by atoms with Crippen molar-refractivity contribution in [3.8, 4) is 22.6 Å². The summed E-state index contributed by atoms with van der Waals surface area (Å²) < 4.78 is 17.1. The first kappa shape index (κ1) is 15.9. The standard InChI is InChI=1S/C16H20N2O4/c1-16(2,3)22-15(19)18-10-11(9-17-18)12-7-6-8-13(20-4)14(12)21-5/h6-10H,1-5H3. The largest absolute Gasteiger partial charge is 0.493 e. The van der Waals surface area contributed by atoms with Crippen LogP contribution in [0, 0.1) is 0 Å². The molecule has 0 saturated carbocycles. The molecule has 0 atom stereocenters. The predicted octanol–water partition coefficient (Wildman–Crippen LogP) is 3.35. The number of carbonyl (C=O) groups is 1. The topological polar surface area (TPSA) is 62.6 Å². The summed E-state index contributed by atoms with van der Waals surface area (Å²) in [6, 6.07) is 5.53. The molecular formula is C16H20N2O4. The summed E-state index contributed by atoms with van der Waals surface area (Å²) in [6.45, 7) is 5.42. The van der Waals surface area contributed by atoms with Crippen LogP contribution in [0.3, 0.4) is 0 Å². The summed E-state index contributed by atoms with van der Waals surface area (Å²) in [4.78, 5) is 12.0. The Bertz CT molecular complexity index is 671. The second-order valence-electron chi connectivity index (χ2n) is 5.70. The summed E-state index contributed by atoms with van der Waals surface area (Å²) >= 11 is 0. The number of ether oxygens (including phenoxy) is 3. The predicted molar refractivity (Wildman–Crippen MR) is 82.4 cm³/mol. The van der Waals surface area contributed by atoms with Crippen molar-refractivity contribution in [1.29, 1.82) is 0 Å². The van der Waals surface area contributed by atoms with Crippen LogP contribution in [0.5, 0.6) is 11.5 Å². The summed E-state index contributed by atoms with van der Waals surface area (Å²) in [7, 11) is 3.14. The third kappa shape index (κ3) is 3.39. The fourth-order valence-corrected chi connectivity index (χ4v) is 1.98. The van der Waals surface area contributed by atoms with Crippen molar-refractivity contribution in [2.75, 3.05) is 14.2 Å². The number of benzene rings is 1. The molecule has 0 unspecified atom stereocenters. The molecule has 1 aromatic heterocycles. The molecule has 0 N–H and O–H groups in total. The lowest BCUT2D eigenvalue weighted by Crippen LogP contribution is -2.27. The van der Waals surface area contributed by atoms with E-state index in [1.54, 1.807) is 53.5 Å². The number of methoxy groups -OCH3 is 2. The molecule has 0 aliphatic heterocycles. The van der Waals surface area contributed by atoms with Gasteiger partial charge in [-0.3, -0.25) is 0 Å². The molecule has 0 bridgehead atoms. The third-order valence-corrected chi connectivity index (χ3v) is 2.88. The lowest BCUT2D eigenvalue weighted by atomic mass is 10.1. The number of rotatable bonds is 3. The van der Waals surface area contributed by atoms with E-state index in [0.717, 1.165) is 11.1 Å². The van der Waals surface area contributed by atoms with Crippen molar-refractivity contribution in [2.45, 2.75) is 26.4 Å². The van der Waals surface area contributed by atoms with E-state index in [4.69, 9.17) is 14.2 Å². The van der Waals surface area contributed by atoms with Gasteiger partial charge in [0.1, 0.15) is 5.60 Å². The van der Waals surface area contributed by atoms with Crippen molar-refractivity contribution in [3.05, 3.63) is 30.6 Å². The molecule has 1 heterocycles. The summed E-state index contributed by atoms with van der Waals surface area (Å²) in [5.74, 6) is 1.21. The van der Waals surface area contributed by atoms with Crippen molar-refractivity contribution in [1.82, 2.24) is 9.78 Å². The zero-order valence-corrected chi connectivity index (χ0v) is 13.4. The molecule has 6 heteroatoms. The highest BCUT2D eigenvalue weighted by molar-refractivity contribution is 5.76. The van der Waals surface area contributed by atoms with Gasteiger partial charge in [-0.05, 0) is 26.8 Å². The summed E-state index contributed by atoms with van der Waals surface area (Å²) in [6.07, 6.45) is 2.66. The number of hydrogen-bond donors (Lipinski definition) is 0. The van der Waals surface area contributed by atoms with Gasteiger partial charge in [0.15, 0.2) is 11.5 Å². The van der Waals surface area contributed by atoms with Crippen LogP contribution >= 0.6 is 0 Å². The van der Waals surface area contributed by atoms with Crippen LogP contribution in [0.1, 0.15) is 20.8 Å². The maximum atomic E-state index is 12.0. The Morgan fingerprint density at radius 1 is 1.18 bits per heavy atom. The van der Waals surface area contributed by atoms with Crippen molar-refractivity contribution in [2.24, 2.45) is 0 Å². The van der Waals surface area contributed by atoms with E-state index < -0.39 is 11.7 Å². The van der Waals surface area contributed by atoms with E-state index in [9.17, 15) is 4.79 Å². The Hall–Kier alpha value is -2.50. The van der Waals surface area contributed by atoms with E-state index >= 15 is 0 Å². The van der Waals surface area contributed by atoms with Gasteiger partial charge in [-0.1, -0.05) is 12.1 Å². The Balaban J connectivity index is 2.35. The molecule has 22 heavy (non-hydrogen) atoms. The second-order valence-corrected chi connectivity index (χ2v) is 5.70. The molecular weight excluding hydrogens is 284 g/mol. The first-order chi connectivity index (χ1) is 10.4. The van der Waals surface area contributed by atoms with Crippen LogP contribution in [-0.4, -0.2) is 35.7 Å². The van der Waals surface area contributed by atoms with Crippen molar-refractivity contribution < 1.29 is 19.0 Å². The molecule has 0 spiro atoms. The average molecular weight is 304 g/mol. The van der Waals surface area contributed by atoms with Gasteiger partial charge < -0.3 is 14.2 Å². The number of carbonyl (C=O) groups excluding carboxylic acids is 1. The zero-order valence-electron chi connectivity index (χ0n) is 13.4. The average Bonchev–Trinajstić information content (AvgIpc) is 2.94. The minimum absolute atomic E-state index is 0.527. The molecule has 0 amide bonds. The lowest BCUT2D eigenvalue weighted by molar-refractivity contribution is 0.0514. The first-order valence-corrected chi connectivity index (χ1v) is 6.85. The highest BCUT2D eigenvalue weighted by atomic mass is 16.6. The van der Waals surface area contributed by atoms with Crippen molar-refractivity contribution >= 4 is 6.09 Å². The Morgan fingerprint density at radius 2 is 1.91 bits per heavy atom. The maximum absolute atomic E-state index is 12.0. The smallest absolute Gasteiger partial charge is 0.435 e. The van der Waals surface area contributed by atoms with E-state index in [2.05, 4.69) is 5.10 Å². The minimum atomic E-state index is -0.573. The van der Waals surface area contributed by atoms with E-state index in [1.165, 1.54) is 4.68 Å². The molecule has 1 aromatic carbocycles. The molecule has 2 rings (SSSR count). The molecule has 0 radical (unpaired) electrons. The first-order valence-electron chi connectivity index (χ1n) is 6.85. The number of aromatic nitrogens is 2. The molecule has 6 nitrogen and oxygen atoms in total. The Labute approximate surface area is 129 Å². The normalized spacial score (nSPS) is 11.1. The second kappa shape index (κ2) is 6.09. The Morgan fingerprint density at radius 3 is 2.50 bits per heavy atom. The SMILES string of the molecule is COc1cccc(-c2cnn(C(=O)OC(C)(C)C)c2)c1OC. The lowest BCUT2D eigenvalue weighted by Gasteiger charge is -2.18. The van der Waals surface area contributed by atoms with Crippen LogP contribution in [0.2, 0.25) is 0 Å². The fraction of sp³-hybridized carbons (Fsp3) is 0.375. The summed E-state index contributed by atoms with van der Waals surface area (Å²) in [5, 5.41) is 4.05. The Kier molecular flexibility index (Phi) is 4.40. The van der Waals surface area contributed by atoms with Gasteiger partial charge in [0.05, 0.1) is 20.4 Å². The van der Waals surface area contributed by atoms with Gasteiger partial charge in [-0.2, -0.15) is 9.78 Å². The zero-order chi connectivity index (χ0) is 16.3. The molecule has 0 saturated heterocycles. The van der Waals surface area contributed by atoms with Gasteiger partial charge in [0, 0.05) is 17.3 Å². The van der Waals surface area contributed by atoms with Gasteiger partial charge in [0.2, 0.25) is 0 Å². The van der Waals surface area contributed by atoms with E-state index in [0.29, 0.717) is 11.5 Å². The van der Waals surface area contributed by atoms with Crippen LogP contribution in [0.4, 0.5) is 4.79 Å². The fourth-order valence-electron chi connectivity index (χ4n) is 1.98. The molecule has 0 aliphatic rings. The molecule has 2 aromatic rings. The quantitative estimate of drug-likeness (QED) is 0.870. The van der Waals surface area contributed by atoms with Crippen LogP contribution in [0.25, 0.3) is 11.1 Å². The highest BCUT2D eigenvalue weighted by Gasteiger charge is 2.20. The summed E-state index contributed by atoms with van der Waals surface area (Å²) in [5.41, 5.74) is 0.954. The van der Waals surface area contributed by atoms with Crippen LogP contribution < -0.4 is 9.47 Å². The molecule has 0 aliphatic carbocycles. The van der Waals surface area contributed by atoms with Gasteiger partial charge in [-0.15, -0.1) is 0 Å². The van der Waals surface area contributed by atoms with Crippen molar-refractivity contribution in [3.63, 3.8) is 0 Å². The monoisotopic (exact) mass is 304 g/mol. The van der Waals surface area contributed by atoms with Gasteiger partial charge in [0.25, 0.3) is 0 Å². The van der Waals surface area contributed by atoms with E-state index in [-0.39, 0.29) is 0 Å². The highest BCUT2D eigenvalue weighted by Crippen LogP contribution is 2.37. The van der Waals surface area contributed by atoms with E-state index in [1.807, 2.05) is 12.1 Å². The number of nitrogens with zero attached hydrogens (tertiary/aromatic N) is 2. The molecule has 0 fully saturated rings. The van der Waals surface area contributed by atoms with Crippen LogP contribution in [0.15, 0.2) is 30.6 Å². The number of hydrogen-bond acceptors (Lipinski definition) is 5. The van der Waals surface area contributed by atoms with Gasteiger partial charge in [-0.25, -0.2) is 4.79 Å². The van der Waals surface area contributed by atoms with Crippen LogP contribution in [-0.2, 0) is 4.74 Å².